The van der Waals surface area contributed by atoms with Crippen LogP contribution in [0.25, 0.3) is 11.5 Å². The fraction of sp³-hybridized carbons (Fsp3) is 0.467. The van der Waals surface area contributed by atoms with Crippen LogP contribution in [0.3, 0.4) is 0 Å². The van der Waals surface area contributed by atoms with Gasteiger partial charge in [0, 0.05) is 30.2 Å². The predicted molar refractivity (Wildman–Crippen MR) is 78.5 cm³/mol. The molecule has 0 saturated heterocycles. The topological polar surface area (TPSA) is 63.6 Å². The van der Waals surface area contributed by atoms with E-state index in [-0.39, 0.29) is 0 Å². The van der Waals surface area contributed by atoms with Gasteiger partial charge in [-0.1, -0.05) is 6.42 Å². The molecule has 2 aromatic rings. The third-order valence-electron chi connectivity index (χ3n) is 3.57. The standard InChI is InChI=1S/C15H19N5/c1-2-17-14-11-6-4-3-5-7-12(11)19-15(20-14)13-10-16-8-9-18-13/h8-10H,2-7H2,1H3,(H,17,19,20). The minimum absolute atomic E-state index is 0.676. The Hall–Kier alpha value is -2.04. The van der Waals surface area contributed by atoms with Crippen molar-refractivity contribution in [3.05, 3.63) is 29.8 Å². The van der Waals surface area contributed by atoms with Gasteiger partial charge in [-0.05, 0) is 32.6 Å². The Morgan fingerprint density at radius 1 is 1.10 bits per heavy atom. The maximum Gasteiger partial charge on any atom is 0.182 e. The molecule has 0 fully saturated rings. The number of rotatable bonds is 3. The lowest BCUT2D eigenvalue weighted by atomic mass is 10.1. The van der Waals surface area contributed by atoms with Gasteiger partial charge in [0.1, 0.15) is 11.5 Å². The Morgan fingerprint density at radius 3 is 2.80 bits per heavy atom. The first-order chi connectivity index (χ1) is 9.88. The van der Waals surface area contributed by atoms with Gasteiger partial charge in [-0.15, -0.1) is 0 Å². The van der Waals surface area contributed by atoms with Crippen molar-refractivity contribution in [3.8, 4) is 11.5 Å². The van der Waals surface area contributed by atoms with Crippen LogP contribution >= 0.6 is 0 Å². The molecule has 0 amide bonds. The number of hydrogen-bond donors (Lipinski definition) is 1. The van der Waals surface area contributed by atoms with Crippen molar-refractivity contribution in [1.82, 2.24) is 19.9 Å². The highest BCUT2D eigenvalue weighted by Gasteiger charge is 2.17. The number of fused-ring (bicyclic) bond motifs is 1. The zero-order valence-corrected chi connectivity index (χ0v) is 11.8. The molecule has 3 rings (SSSR count). The van der Waals surface area contributed by atoms with Crippen molar-refractivity contribution >= 4 is 5.82 Å². The van der Waals surface area contributed by atoms with Gasteiger partial charge < -0.3 is 5.32 Å². The van der Waals surface area contributed by atoms with E-state index in [0.29, 0.717) is 5.82 Å². The third kappa shape index (κ3) is 2.61. The Bertz CT molecular complexity index is 582. The Balaban J connectivity index is 2.08. The van der Waals surface area contributed by atoms with E-state index in [2.05, 4.69) is 27.2 Å². The molecular weight excluding hydrogens is 250 g/mol. The van der Waals surface area contributed by atoms with Crippen LogP contribution in [0.2, 0.25) is 0 Å². The molecular formula is C15H19N5. The highest BCUT2D eigenvalue weighted by Crippen LogP contribution is 2.27. The quantitative estimate of drug-likeness (QED) is 0.868. The summed E-state index contributed by atoms with van der Waals surface area (Å²) < 4.78 is 0. The molecule has 0 unspecified atom stereocenters. The van der Waals surface area contributed by atoms with Crippen LogP contribution in [0.15, 0.2) is 18.6 Å². The van der Waals surface area contributed by atoms with E-state index in [1.807, 2.05) is 0 Å². The Labute approximate surface area is 118 Å². The number of aromatic nitrogens is 4. The molecule has 5 nitrogen and oxygen atoms in total. The van der Waals surface area contributed by atoms with Crippen molar-refractivity contribution in [2.45, 2.75) is 39.0 Å². The molecule has 0 aliphatic heterocycles. The van der Waals surface area contributed by atoms with Crippen molar-refractivity contribution in [2.75, 3.05) is 11.9 Å². The number of anilines is 1. The number of hydrogen-bond acceptors (Lipinski definition) is 5. The van der Waals surface area contributed by atoms with Gasteiger partial charge in [-0.2, -0.15) is 0 Å². The highest BCUT2D eigenvalue weighted by molar-refractivity contribution is 5.56. The van der Waals surface area contributed by atoms with Crippen LogP contribution in [-0.2, 0) is 12.8 Å². The van der Waals surface area contributed by atoms with Crippen molar-refractivity contribution < 1.29 is 0 Å². The van der Waals surface area contributed by atoms with E-state index in [9.17, 15) is 0 Å². The van der Waals surface area contributed by atoms with Crippen LogP contribution in [0.5, 0.6) is 0 Å². The van der Waals surface area contributed by atoms with Crippen molar-refractivity contribution in [3.63, 3.8) is 0 Å². The second-order valence-electron chi connectivity index (χ2n) is 5.00. The molecule has 1 aliphatic carbocycles. The molecule has 1 N–H and O–H groups in total. The molecule has 0 atom stereocenters. The molecule has 2 aromatic heterocycles. The van der Waals surface area contributed by atoms with Crippen molar-refractivity contribution in [2.24, 2.45) is 0 Å². The molecule has 5 heteroatoms. The Kier molecular flexibility index (Phi) is 3.85. The predicted octanol–water partition coefficient (Wildman–Crippen LogP) is 2.63. The van der Waals surface area contributed by atoms with Crippen LogP contribution in [0, 0.1) is 0 Å². The number of nitrogens with one attached hydrogen (secondary N) is 1. The molecule has 0 radical (unpaired) electrons. The molecule has 0 spiro atoms. The summed E-state index contributed by atoms with van der Waals surface area (Å²) in [5.41, 5.74) is 3.20. The first kappa shape index (κ1) is 13.0. The van der Waals surface area contributed by atoms with Gasteiger partial charge >= 0.3 is 0 Å². The van der Waals surface area contributed by atoms with E-state index < -0.39 is 0 Å². The lowest BCUT2D eigenvalue weighted by molar-refractivity contribution is 0.709. The summed E-state index contributed by atoms with van der Waals surface area (Å²) in [5, 5.41) is 3.37. The van der Waals surface area contributed by atoms with Crippen molar-refractivity contribution in [1.29, 1.82) is 0 Å². The van der Waals surface area contributed by atoms with E-state index in [4.69, 9.17) is 4.98 Å². The van der Waals surface area contributed by atoms with Gasteiger partial charge in [0.05, 0.1) is 6.20 Å². The normalized spacial score (nSPS) is 14.4. The summed E-state index contributed by atoms with van der Waals surface area (Å²) in [7, 11) is 0. The minimum atomic E-state index is 0.676. The second kappa shape index (κ2) is 5.94. The molecule has 0 bridgehead atoms. The van der Waals surface area contributed by atoms with Crippen LogP contribution in [-0.4, -0.2) is 26.5 Å². The first-order valence-corrected chi connectivity index (χ1v) is 7.28. The summed E-state index contributed by atoms with van der Waals surface area (Å²) in [6.45, 7) is 2.95. The average Bonchev–Trinajstić information content (AvgIpc) is 2.74. The zero-order valence-electron chi connectivity index (χ0n) is 11.8. The second-order valence-corrected chi connectivity index (χ2v) is 5.00. The molecule has 2 heterocycles. The maximum absolute atomic E-state index is 4.73. The molecule has 0 saturated carbocycles. The fourth-order valence-electron chi connectivity index (χ4n) is 2.61. The van der Waals surface area contributed by atoms with E-state index >= 15 is 0 Å². The van der Waals surface area contributed by atoms with Gasteiger partial charge in [0.25, 0.3) is 0 Å². The van der Waals surface area contributed by atoms with Crippen LogP contribution in [0.1, 0.15) is 37.4 Å². The SMILES string of the molecule is CCNc1nc(-c2cnccn2)nc2c1CCCCC2. The maximum atomic E-state index is 4.73. The average molecular weight is 269 g/mol. The third-order valence-corrected chi connectivity index (χ3v) is 3.57. The largest absolute Gasteiger partial charge is 0.370 e. The minimum Gasteiger partial charge on any atom is -0.370 e. The summed E-state index contributed by atoms with van der Waals surface area (Å²) in [6.07, 6.45) is 10.8. The van der Waals surface area contributed by atoms with Gasteiger partial charge in [-0.25, -0.2) is 15.0 Å². The van der Waals surface area contributed by atoms with Crippen LogP contribution < -0.4 is 5.32 Å². The van der Waals surface area contributed by atoms with Gasteiger partial charge in [0.15, 0.2) is 5.82 Å². The van der Waals surface area contributed by atoms with Gasteiger partial charge in [-0.3, -0.25) is 4.98 Å². The zero-order chi connectivity index (χ0) is 13.8. The van der Waals surface area contributed by atoms with E-state index in [1.165, 1.54) is 30.5 Å². The first-order valence-electron chi connectivity index (χ1n) is 7.28. The molecule has 104 valence electrons. The molecule has 20 heavy (non-hydrogen) atoms. The number of nitrogens with zero attached hydrogens (tertiary/aromatic N) is 4. The Morgan fingerprint density at radius 2 is 2.00 bits per heavy atom. The fourth-order valence-corrected chi connectivity index (χ4v) is 2.61. The summed E-state index contributed by atoms with van der Waals surface area (Å²) in [5.74, 6) is 1.65. The summed E-state index contributed by atoms with van der Waals surface area (Å²) in [4.78, 5) is 17.8. The van der Waals surface area contributed by atoms with E-state index in [1.54, 1.807) is 18.6 Å². The lowest BCUT2D eigenvalue weighted by Gasteiger charge is -2.13. The highest BCUT2D eigenvalue weighted by atomic mass is 15.0. The number of aryl methyl sites for hydroxylation is 1. The molecule has 0 aromatic carbocycles. The van der Waals surface area contributed by atoms with Crippen LogP contribution in [0.4, 0.5) is 5.82 Å². The van der Waals surface area contributed by atoms with Gasteiger partial charge in [0.2, 0.25) is 0 Å². The molecule has 1 aliphatic rings. The smallest absolute Gasteiger partial charge is 0.182 e. The summed E-state index contributed by atoms with van der Waals surface area (Å²) >= 11 is 0. The van der Waals surface area contributed by atoms with E-state index in [0.717, 1.165) is 30.9 Å². The lowest BCUT2D eigenvalue weighted by Crippen LogP contribution is -2.09. The summed E-state index contributed by atoms with van der Waals surface area (Å²) in [6, 6.07) is 0. The monoisotopic (exact) mass is 269 g/mol.